The largest absolute Gasteiger partial charge is 0.493 e. The van der Waals surface area contributed by atoms with Crippen molar-refractivity contribution in [2.75, 3.05) is 6.61 Å². The summed E-state index contributed by atoms with van der Waals surface area (Å²) in [5, 5.41) is 0. The van der Waals surface area contributed by atoms with E-state index >= 15 is 0 Å². The van der Waals surface area contributed by atoms with Crippen molar-refractivity contribution in [2.45, 2.75) is 20.1 Å². The van der Waals surface area contributed by atoms with Gasteiger partial charge < -0.3 is 15.2 Å². The minimum atomic E-state index is 0.490. The first-order valence-corrected chi connectivity index (χ1v) is 6.46. The van der Waals surface area contributed by atoms with Gasteiger partial charge in [0.25, 0.3) is 0 Å². The van der Waals surface area contributed by atoms with Crippen LogP contribution in [0.3, 0.4) is 0 Å². The van der Waals surface area contributed by atoms with Gasteiger partial charge in [0.2, 0.25) is 0 Å². The second-order valence-electron chi connectivity index (χ2n) is 4.18. The maximum atomic E-state index is 5.79. The molecule has 0 saturated heterocycles. The molecule has 0 unspecified atom stereocenters. The van der Waals surface area contributed by atoms with Crippen LogP contribution in [0.1, 0.15) is 18.1 Å². The molecule has 2 rings (SSSR count). The molecule has 0 radical (unpaired) electrons. The fourth-order valence-corrected chi connectivity index (χ4v) is 1.84. The Morgan fingerprint density at radius 1 is 1.00 bits per heavy atom. The number of para-hydroxylation sites is 1. The number of rotatable bonds is 6. The Labute approximate surface area is 114 Å². The van der Waals surface area contributed by atoms with Gasteiger partial charge in [0.05, 0.1) is 6.61 Å². The minimum absolute atomic E-state index is 0.490. The van der Waals surface area contributed by atoms with E-state index in [1.54, 1.807) is 0 Å². The van der Waals surface area contributed by atoms with E-state index in [0.29, 0.717) is 19.8 Å². The normalized spacial score (nSPS) is 10.2. The lowest BCUT2D eigenvalue weighted by atomic mass is 10.2. The summed E-state index contributed by atoms with van der Waals surface area (Å²) in [6, 6.07) is 15.7. The molecule has 0 aliphatic rings. The molecule has 0 bridgehead atoms. The van der Waals surface area contributed by atoms with Crippen molar-refractivity contribution >= 4 is 0 Å². The van der Waals surface area contributed by atoms with Crippen molar-refractivity contribution in [3.8, 4) is 11.5 Å². The second kappa shape index (κ2) is 6.81. The SMILES string of the molecule is CCOc1ccccc1COc1cccc(CN)c1. The highest BCUT2D eigenvalue weighted by molar-refractivity contribution is 5.34. The van der Waals surface area contributed by atoms with Gasteiger partial charge in [-0.25, -0.2) is 0 Å². The summed E-state index contributed by atoms with van der Waals surface area (Å²) in [4.78, 5) is 0. The molecule has 0 amide bonds. The van der Waals surface area contributed by atoms with Gasteiger partial charge in [0.15, 0.2) is 0 Å². The molecule has 0 heterocycles. The summed E-state index contributed by atoms with van der Waals surface area (Å²) in [6.07, 6.45) is 0. The van der Waals surface area contributed by atoms with E-state index in [9.17, 15) is 0 Å². The van der Waals surface area contributed by atoms with Crippen LogP contribution < -0.4 is 15.2 Å². The van der Waals surface area contributed by atoms with Crippen molar-refractivity contribution in [3.63, 3.8) is 0 Å². The molecule has 0 aliphatic heterocycles. The summed E-state index contributed by atoms with van der Waals surface area (Å²) in [6.45, 7) is 3.64. The van der Waals surface area contributed by atoms with E-state index in [0.717, 1.165) is 22.6 Å². The minimum Gasteiger partial charge on any atom is -0.493 e. The number of nitrogens with two attached hydrogens (primary N) is 1. The Balaban J connectivity index is 2.05. The molecule has 3 heteroatoms. The lowest BCUT2D eigenvalue weighted by Gasteiger charge is -2.11. The zero-order valence-corrected chi connectivity index (χ0v) is 11.1. The number of ether oxygens (including phenoxy) is 2. The lowest BCUT2D eigenvalue weighted by molar-refractivity contribution is 0.286. The van der Waals surface area contributed by atoms with E-state index < -0.39 is 0 Å². The Hall–Kier alpha value is -2.00. The van der Waals surface area contributed by atoms with Crippen molar-refractivity contribution in [1.82, 2.24) is 0 Å². The predicted molar refractivity (Wildman–Crippen MR) is 76.3 cm³/mol. The highest BCUT2D eigenvalue weighted by Crippen LogP contribution is 2.21. The summed E-state index contributed by atoms with van der Waals surface area (Å²) < 4.78 is 11.4. The van der Waals surface area contributed by atoms with Gasteiger partial charge in [-0.15, -0.1) is 0 Å². The van der Waals surface area contributed by atoms with E-state index in [1.165, 1.54) is 0 Å². The average Bonchev–Trinajstić information content (AvgIpc) is 2.47. The fourth-order valence-electron chi connectivity index (χ4n) is 1.84. The first kappa shape index (κ1) is 13.4. The van der Waals surface area contributed by atoms with Gasteiger partial charge in [-0.2, -0.15) is 0 Å². The molecule has 0 fully saturated rings. The number of hydrogen-bond acceptors (Lipinski definition) is 3. The Morgan fingerprint density at radius 3 is 2.63 bits per heavy atom. The molecule has 3 nitrogen and oxygen atoms in total. The third-order valence-corrected chi connectivity index (χ3v) is 2.80. The van der Waals surface area contributed by atoms with Crippen LogP contribution in [0, 0.1) is 0 Å². The Morgan fingerprint density at radius 2 is 1.84 bits per heavy atom. The van der Waals surface area contributed by atoms with Gasteiger partial charge in [0.1, 0.15) is 18.1 Å². The summed E-state index contributed by atoms with van der Waals surface area (Å²) in [7, 11) is 0. The summed E-state index contributed by atoms with van der Waals surface area (Å²) in [5.41, 5.74) is 7.72. The molecular weight excluding hydrogens is 238 g/mol. The van der Waals surface area contributed by atoms with Crippen molar-refractivity contribution in [1.29, 1.82) is 0 Å². The smallest absolute Gasteiger partial charge is 0.125 e. The molecule has 0 aliphatic carbocycles. The van der Waals surface area contributed by atoms with Crippen molar-refractivity contribution < 1.29 is 9.47 Å². The van der Waals surface area contributed by atoms with E-state index in [4.69, 9.17) is 15.2 Å². The lowest BCUT2D eigenvalue weighted by Crippen LogP contribution is -2.01. The first-order valence-electron chi connectivity index (χ1n) is 6.46. The van der Waals surface area contributed by atoms with Crippen LogP contribution in [0.4, 0.5) is 0 Å². The number of benzene rings is 2. The maximum Gasteiger partial charge on any atom is 0.125 e. The van der Waals surface area contributed by atoms with Crippen LogP contribution in [0.15, 0.2) is 48.5 Å². The molecule has 100 valence electrons. The second-order valence-corrected chi connectivity index (χ2v) is 4.18. The maximum absolute atomic E-state index is 5.79. The van der Waals surface area contributed by atoms with E-state index in [2.05, 4.69) is 0 Å². The average molecular weight is 257 g/mol. The Kier molecular flexibility index (Phi) is 4.81. The summed E-state index contributed by atoms with van der Waals surface area (Å²) >= 11 is 0. The molecule has 0 spiro atoms. The van der Waals surface area contributed by atoms with Crippen LogP contribution in [0.2, 0.25) is 0 Å². The van der Waals surface area contributed by atoms with Gasteiger partial charge in [-0.3, -0.25) is 0 Å². The summed E-state index contributed by atoms with van der Waals surface area (Å²) in [5.74, 6) is 1.70. The molecule has 2 aromatic rings. The molecule has 0 saturated carbocycles. The van der Waals surface area contributed by atoms with Crippen LogP contribution >= 0.6 is 0 Å². The van der Waals surface area contributed by atoms with Crippen LogP contribution in [-0.4, -0.2) is 6.61 Å². The van der Waals surface area contributed by atoms with Crippen molar-refractivity contribution in [2.24, 2.45) is 5.73 Å². The van der Waals surface area contributed by atoms with E-state index in [-0.39, 0.29) is 0 Å². The molecule has 19 heavy (non-hydrogen) atoms. The van der Waals surface area contributed by atoms with Crippen molar-refractivity contribution in [3.05, 3.63) is 59.7 Å². The van der Waals surface area contributed by atoms with Crippen LogP contribution in [0.25, 0.3) is 0 Å². The third-order valence-electron chi connectivity index (χ3n) is 2.80. The molecule has 2 aromatic carbocycles. The monoisotopic (exact) mass is 257 g/mol. The number of hydrogen-bond donors (Lipinski definition) is 1. The van der Waals surface area contributed by atoms with Crippen LogP contribution in [-0.2, 0) is 13.2 Å². The quantitative estimate of drug-likeness (QED) is 0.864. The molecule has 2 N–H and O–H groups in total. The highest BCUT2D eigenvalue weighted by atomic mass is 16.5. The van der Waals surface area contributed by atoms with Gasteiger partial charge in [0, 0.05) is 12.1 Å². The van der Waals surface area contributed by atoms with Gasteiger partial charge in [-0.05, 0) is 30.7 Å². The topological polar surface area (TPSA) is 44.5 Å². The molecular formula is C16H19NO2. The Bertz CT molecular complexity index is 526. The van der Waals surface area contributed by atoms with E-state index in [1.807, 2.05) is 55.5 Å². The van der Waals surface area contributed by atoms with Gasteiger partial charge in [-0.1, -0.05) is 30.3 Å². The predicted octanol–water partition coefficient (Wildman–Crippen LogP) is 3.12. The zero-order valence-electron chi connectivity index (χ0n) is 11.1. The third kappa shape index (κ3) is 3.73. The first-order chi connectivity index (χ1) is 9.33. The highest BCUT2D eigenvalue weighted by Gasteiger charge is 2.03. The zero-order chi connectivity index (χ0) is 13.5. The molecule has 0 atom stereocenters. The molecule has 0 aromatic heterocycles. The fraction of sp³-hybridized carbons (Fsp3) is 0.250. The van der Waals surface area contributed by atoms with Gasteiger partial charge >= 0.3 is 0 Å². The van der Waals surface area contributed by atoms with Crippen LogP contribution in [0.5, 0.6) is 11.5 Å². The standard InChI is InChI=1S/C16H19NO2/c1-2-18-16-9-4-3-7-14(16)12-19-15-8-5-6-13(10-15)11-17/h3-10H,2,11-12,17H2,1H3.